The number of hydrogen-bond donors (Lipinski definition) is 0. The molecule has 0 aliphatic carbocycles. The van der Waals surface area contributed by atoms with E-state index >= 15 is 0 Å². The zero-order chi connectivity index (χ0) is 33.0. The molecule has 0 bridgehead atoms. The highest BCUT2D eigenvalue weighted by atomic mass is 15.0. The van der Waals surface area contributed by atoms with Gasteiger partial charge in [-0.3, -0.25) is 0 Å². The molecule has 2 heterocycles. The van der Waals surface area contributed by atoms with E-state index in [4.69, 9.17) is 0 Å². The van der Waals surface area contributed by atoms with Crippen molar-refractivity contribution in [3.05, 3.63) is 194 Å². The van der Waals surface area contributed by atoms with E-state index in [1.807, 2.05) is 0 Å². The summed E-state index contributed by atoms with van der Waals surface area (Å²) in [5.41, 5.74) is 14.4. The average molecular weight is 637 g/mol. The van der Waals surface area contributed by atoms with Gasteiger partial charge in [0.1, 0.15) is 0 Å². The topological polar surface area (TPSA) is 9.86 Å². The Morgan fingerprint density at radius 1 is 0.280 bits per heavy atom. The Balaban J connectivity index is 1.20. The summed E-state index contributed by atoms with van der Waals surface area (Å²) in [6.07, 6.45) is 0. The molecule has 10 rings (SSSR count). The van der Waals surface area contributed by atoms with Gasteiger partial charge in [0.2, 0.25) is 0 Å². The van der Waals surface area contributed by atoms with Gasteiger partial charge in [0, 0.05) is 32.8 Å². The summed E-state index contributed by atoms with van der Waals surface area (Å²) in [5.74, 6) is 0. The van der Waals surface area contributed by atoms with Crippen LogP contribution in [0.3, 0.4) is 0 Å². The van der Waals surface area contributed by atoms with Crippen molar-refractivity contribution >= 4 is 43.6 Å². The first-order valence-electron chi connectivity index (χ1n) is 17.2. The lowest BCUT2D eigenvalue weighted by Crippen LogP contribution is -1.98. The second-order valence-corrected chi connectivity index (χ2v) is 12.9. The molecule has 2 heteroatoms. The van der Waals surface area contributed by atoms with Gasteiger partial charge in [-0.2, -0.15) is 0 Å². The van der Waals surface area contributed by atoms with Crippen molar-refractivity contribution in [2.45, 2.75) is 0 Å². The van der Waals surface area contributed by atoms with Crippen LogP contribution < -0.4 is 0 Å². The van der Waals surface area contributed by atoms with Gasteiger partial charge in [-0.15, -0.1) is 0 Å². The van der Waals surface area contributed by atoms with Crippen molar-refractivity contribution in [3.63, 3.8) is 0 Å². The maximum absolute atomic E-state index is 2.46. The molecule has 0 aliphatic heterocycles. The Labute approximate surface area is 290 Å². The quantitative estimate of drug-likeness (QED) is 0.178. The minimum absolute atomic E-state index is 1.16. The standard InChI is InChI=1S/C48H32N2/c1-3-16-33(17-4-1)37-25-15-29-47-48(37)41-24-11-14-28-45(41)50(47)44-27-13-9-22-39(44)38-21-8-7-20-36(38)34-30-31-46-42(32-34)40-23-10-12-26-43(40)49(46)35-18-5-2-6-19-35/h1-32H. The van der Waals surface area contributed by atoms with E-state index in [1.165, 1.54) is 82.7 Å². The van der Waals surface area contributed by atoms with E-state index in [2.05, 4.69) is 203 Å². The third-order valence-electron chi connectivity index (χ3n) is 10.1. The summed E-state index contributed by atoms with van der Waals surface area (Å²) >= 11 is 0. The van der Waals surface area contributed by atoms with Crippen molar-refractivity contribution in [1.82, 2.24) is 9.13 Å². The first kappa shape index (κ1) is 28.4. The van der Waals surface area contributed by atoms with E-state index in [0.717, 1.165) is 5.69 Å². The van der Waals surface area contributed by atoms with Gasteiger partial charge in [-0.25, -0.2) is 0 Å². The summed E-state index contributed by atoms with van der Waals surface area (Å²) < 4.78 is 4.83. The highest BCUT2D eigenvalue weighted by Gasteiger charge is 2.20. The molecule has 0 amide bonds. The fourth-order valence-electron chi connectivity index (χ4n) is 8.00. The van der Waals surface area contributed by atoms with Crippen LogP contribution in [-0.4, -0.2) is 9.13 Å². The molecule has 0 spiro atoms. The molecule has 50 heavy (non-hydrogen) atoms. The molecule has 8 aromatic carbocycles. The minimum atomic E-state index is 1.16. The monoisotopic (exact) mass is 636 g/mol. The zero-order valence-electron chi connectivity index (χ0n) is 27.4. The lowest BCUT2D eigenvalue weighted by molar-refractivity contribution is 1.18. The predicted octanol–water partition coefficient (Wildman–Crippen LogP) is 12.9. The molecule has 2 nitrogen and oxygen atoms in total. The smallest absolute Gasteiger partial charge is 0.0547 e. The van der Waals surface area contributed by atoms with Gasteiger partial charge < -0.3 is 9.13 Å². The average Bonchev–Trinajstić information content (AvgIpc) is 3.71. The number of aromatic nitrogens is 2. The largest absolute Gasteiger partial charge is 0.309 e. The number of benzene rings is 8. The molecule has 234 valence electrons. The number of nitrogens with zero attached hydrogens (tertiary/aromatic N) is 2. The molecule has 2 aromatic heterocycles. The molecule has 0 atom stereocenters. The Morgan fingerprint density at radius 2 is 0.840 bits per heavy atom. The number of hydrogen-bond acceptors (Lipinski definition) is 0. The van der Waals surface area contributed by atoms with Crippen LogP contribution in [0.25, 0.3) is 88.4 Å². The molecular weight excluding hydrogens is 605 g/mol. The van der Waals surface area contributed by atoms with Gasteiger partial charge in [0.05, 0.1) is 27.8 Å². The van der Waals surface area contributed by atoms with Crippen LogP contribution in [0.2, 0.25) is 0 Å². The Hall–Kier alpha value is -6.64. The van der Waals surface area contributed by atoms with Crippen molar-refractivity contribution < 1.29 is 0 Å². The molecule has 10 aromatic rings. The Morgan fingerprint density at radius 3 is 1.64 bits per heavy atom. The fraction of sp³-hybridized carbons (Fsp3) is 0. The van der Waals surface area contributed by atoms with E-state index in [0.29, 0.717) is 0 Å². The van der Waals surface area contributed by atoms with E-state index in [1.54, 1.807) is 0 Å². The van der Waals surface area contributed by atoms with Gasteiger partial charge in [0.15, 0.2) is 0 Å². The van der Waals surface area contributed by atoms with Crippen molar-refractivity contribution in [2.24, 2.45) is 0 Å². The fourth-order valence-corrected chi connectivity index (χ4v) is 8.00. The Bertz CT molecular complexity index is 2860. The van der Waals surface area contributed by atoms with Crippen molar-refractivity contribution in [2.75, 3.05) is 0 Å². The lowest BCUT2D eigenvalue weighted by Gasteiger charge is -2.17. The summed E-state index contributed by atoms with van der Waals surface area (Å²) in [7, 11) is 0. The lowest BCUT2D eigenvalue weighted by atomic mass is 9.92. The summed E-state index contributed by atoms with van der Waals surface area (Å²) in [6.45, 7) is 0. The van der Waals surface area contributed by atoms with Crippen LogP contribution in [0.1, 0.15) is 0 Å². The van der Waals surface area contributed by atoms with Crippen LogP contribution in [0.4, 0.5) is 0 Å². The van der Waals surface area contributed by atoms with Crippen LogP contribution >= 0.6 is 0 Å². The summed E-state index contributed by atoms with van der Waals surface area (Å²) in [5, 5.41) is 5.04. The van der Waals surface area contributed by atoms with E-state index < -0.39 is 0 Å². The number of fused-ring (bicyclic) bond motifs is 6. The summed E-state index contributed by atoms with van der Waals surface area (Å²) in [6, 6.07) is 70.3. The number of rotatable bonds is 5. The van der Waals surface area contributed by atoms with Gasteiger partial charge in [0.25, 0.3) is 0 Å². The maximum Gasteiger partial charge on any atom is 0.0547 e. The predicted molar refractivity (Wildman–Crippen MR) is 211 cm³/mol. The second kappa shape index (κ2) is 11.5. The van der Waals surface area contributed by atoms with Crippen LogP contribution in [0.5, 0.6) is 0 Å². The molecule has 0 aliphatic rings. The third kappa shape index (κ3) is 4.36. The van der Waals surface area contributed by atoms with Crippen LogP contribution in [0.15, 0.2) is 194 Å². The molecule has 0 radical (unpaired) electrons. The van der Waals surface area contributed by atoms with Crippen molar-refractivity contribution in [3.8, 4) is 44.8 Å². The Kier molecular flexibility index (Phi) is 6.53. The van der Waals surface area contributed by atoms with Crippen LogP contribution in [0, 0.1) is 0 Å². The highest BCUT2D eigenvalue weighted by Crippen LogP contribution is 2.43. The first-order chi connectivity index (χ1) is 24.8. The minimum Gasteiger partial charge on any atom is -0.309 e. The van der Waals surface area contributed by atoms with Crippen LogP contribution in [-0.2, 0) is 0 Å². The number of para-hydroxylation sites is 4. The molecule has 0 saturated heterocycles. The zero-order valence-corrected chi connectivity index (χ0v) is 27.4. The van der Waals surface area contributed by atoms with Gasteiger partial charge >= 0.3 is 0 Å². The third-order valence-corrected chi connectivity index (χ3v) is 10.1. The maximum atomic E-state index is 2.46. The molecule has 0 fully saturated rings. The van der Waals surface area contributed by atoms with Gasteiger partial charge in [-0.05, 0) is 76.3 Å². The molecule has 0 unspecified atom stereocenters. The second-order valence-electron chi connectivity index (χ2n) is 12.9. The highest BCUT2D eigenvalue weighted by molar-refractivity contribution is 6.16. The molecule has 0 saturated carbocycles. The molecular formula is C48H32N2. The summed E-state index contributed by atoms with van der Waals surface area (Å²) in [4.78, 5) is 0. The van der Waals surface area contributed by atoms with E-state index in [-0.39, 0.29) is 0 Å². The van der Waals surface area contributed by atoms with Gasteiger partial charge in [-0.1, -0.05) is 146 Å². The SMILES string of the molecule is c1ccc(-c2cccc3c2c2ccccc2n3-c2ccccc2-c2ccccc2-c2ccc3c(c2)c2ccccc2n3-c2ccccc2)cc1. The molecule has 0 N–H and O–H groups in total. The van der Waals surface area contributed by atoms with E-state index in [9.17, 15) is 0 Å². The van der Waals surface area contributed by atoms with Crippen molar-refractivity contribution in [1.29, 1.82) is 0 Å². The normalized spacial score (nSPS) is 11.6. The first-order valence-corrected chi connectivity index (χ1v) is 17.2.